The van der Waals surface area contributed by atoms with Gasteiger partial charge >= 0.3 is 11.9 Å². The summed E-state index contributed by atoms with van der Waals surface area (Å²) in [5.74, 6) is -5.44. The maximum absolute atomic E-state index is 14.4. The minimum Gasteiger partial charge on any atom is -0.481 e. The molecule has 0 spiro atoms. The summed E-state index contributed by atoms with van der Waals surface area (Å²) in [5.41, 5.74) is 2.38. The lowest BCUT2D eigenvalue weighted by Crippen LogP contribution is -2.51. The molecule has 7 aromatic heterocycles. The molecule has 1 saturated carbocycles. The maximum atomic E-state index is 14.4. The molecule has 8 aromatic rings. The number of carbonyl (C=O) groups is 7. The van der Waals surface area contributed by atoms with Gasteiger partial charge in [-0.2, -0.15) is 0 Å². The van der Waals surface area contributed by atoms with Gasteiger partial charge in [-0.25, -0.2) is 34.9 Å². The Morgan fingerprint density at radius 1 is 0.700 bits per heavy atom. The van der Waals surface area contributed by atoms with Crippen molar-refractivity contribution in [3.05, 3.63) is 111 Å². The van der Waals surface area contributed by atoms with E-state index in [1.807, 2.05) is 13.8 Å². The number of hydrogen-bond acceptors (Lipinski definition) is 25. The van der Waals surface area contributed by atoms with Gasteiger partial charge in [0.15, 0.2) is 6.35 Å². The molecular formula is C58H62N14O12S6. The summed E-state index contributed by atoms with van der Waals surface area (Å²) >= 11 is 7.02. The number of hydrogen-bond donors (Lipinski definition) is 10. The third kappa shape index (κ3) is 15.1. The zero-order valence-corrected chi connectivity index (χ0v) is 53.8. The van der Waals surface area contributed by atoms with Crippen LogP contribution in [0, 0.1) is 18.8 Å². The zero-order chi connectivity index (χ0) is 63.9. The van der Waals surface area contributed by atoms with E-state index in [1.54, 1.807) is 70.9 Å². The van der Waals surface area contributed by atoms with Crippen molar-refractivity contribution in [2.45, 2.75) is 103 Å². The van der Waals surface area contributed by atoms with E-state index in [-0.39, 0.29) is 65.9 Å². The normalized spacial score (nSPS) is 19.0. The van der Waals surface area contributed by atoms with Crippen LogP contribution < -0.4 is 36.8 Å². The van der Waals surface area contributed by atoms with Crippen LogP contribution in [0.2, 0.25) is 0 Å². The third-order valence-electron chi connectivity index (χ3n) is 14.9. The number of amides is 5. The average molecular weight is 1340 g/mol. The first-order valence-electron chi connectivity index (χ1n) is 28.3. The summed E-state index contributed by atoms with van der Waals surface area (Å²) in [6, 6.07) is 9.06. The van der Waals surface area contributed by atoms with Crippen molar-refractivity contribution in [3.8, 4) is 43.4 Å². The Morgan fingerprint density at radius 3 is 2.12 bits per heavy atom. The Hall–Kier alpha value is -7.92. The van der Waals surface area contributed by atoms with E-state index >= 15 is 0 Å². The summed E-state index contributed by atoms with van der Waals surface area (Å²) < 4.78 is 5.45. The highest BCUT2D eigenvalue weighted by Crippen LogP contribution is 2.41. The van der Waals surface area contributed by atoms with E-state index in [2.05, 4.69) is 31.9 Å². The van der Waals surface area contributed by atoms with Crippen molar-refractivity contribution in [1.29, 1.82) is 0 Å². The van der Waals surface area contributed by atoms with Gasteiger partial charge in [-0.1, -0.05) is 44.2 Å². The molecular weight excluding hydrogens is 1280 g/mol. The molecule has 1 fully saturated rings. The van der Waals surface area contributed by atoms with Crippen LogP contribution in [0.4, 0.5) is 5.82 Å². The first-order chi connectivity index (χ1) is 43.2. The molecule has 0 saturated heterocycles. The number of aliphatic hydroxyl groups is 2. The lowest BCUT2D eigenvalue weighted by Gasteiger charge is -2.34. The number of aromatic nitrogens is 7. The van der Waals surface area contributed by atoms with Gasteiger partial charge in [0.05, 0.1) is 54.6 Å². The first-order valence-corrected chi connectivity index (χ1v) is 33.5. The predicted octanol–water partition coefficient (Wildman–Crippen LogP) is 7.10. The quantitative estimate of drug-likeness (QED) is 0.0431. The van der Waals surface area contributed by atoms with Crippen molar-refractivity contribution in [1.82, 2.24) is 66.8 Å². The molecule has 0 radical (unpaired) electrons. The van der Waals surface area contributed by atoms with E-state index in [1.165, 1.54) is 53.1 Å². The van der Waals surface area contributed by atoms with Gasteiger partial charge in [0.2, 0.25) is 11.8 Å². The van der Waals surface area contributed by atoms with Crippen molar-refractivity contribution in [2.75, 3.05) is 32.1 Å². The van der Waals surface area contributed by atoms with Crippen molar-refractivity contribution in [3.63, 3.8) is 0 Å². The number of pyridine rings is 1. The number of methoxy groups -OCH3 is 1. The molecule has 1 aromatic carbocycles. The Balaban J connectivity index is 1.04. The van der Waals surface area contributed by atoms with Gasteiger partial charge in [-0.15, -0.1) is 68.0 Å². The number of aliphatic carboxylic acids is 2. The Kier molecular flexibility index (Phi) is 20.9. The van der Waals surface area contributed by atoms with E-state index in [9.17, 15) is 54.0 Å². The van der Waals surface area contributed by atoms with Gasteiger partial charge in [0.25, 0.3) is 17.7 Å². The number of aryl methyl sites for hydroxylation is 1. The number of ether oxygens (including phenoxy) is 1. The Bertz CT molecular complexity index is 3930. The summed E-state index contributed by atoms with van der Waals surface area (Å²) in [4.78, 5) is 130. The van der Waals surface area contributed by atoms with Crippen LogP contribution in [0.15, 0.2) is 64.0 Å². The van der Waals surface area contributed by atoms with Crippen LogP contribution in [0.25, 0.3) is 43.4 Å². The lowest BCUT2D eigenvalue weighted by molar-refractivity contribution is -0.143. The fourth-order valence-corrected chi connectivity index (χ4v) is 15.7. The third-order valence-corrected chi connectivity index (χ3v) is 20.6. The number of nitrogens with one attached hydrogen (secondary N) is 6. The molecule has 5 atom stereocenters. The number of carboxylic acids is 2. The number of benzene rings is 1. The smallest absolute Gasteiger partial charge is 0.306 e. The standard InChI is InChI=1S/C58H62N14O12S6/c1-26(2)42-56-71-45(37(90-56)21-84-5)49(79)60-20-40(74)68-46(47(77)28-9-7-6-8-10-28)55-66-36(24-87-55)53-64-34(22-86-53)44-31(51-65-35(23-85-51)48(78)63-33(19-39(73)59-4)54-70-43(27(3)89-54)50(80)69-42)15-16-32(62-44)52-67-38(25-88-52)72(18-17-41(75)76)58(83)61-30-13-11-29(12-14-30)57(81)82/h6-10,15-16,22-26,29-30,33,42,46-47,58,61,77,83H,11-14,17-21H2,1-5H3,(H,59,73)(H,60,79)(H,63,78)(H,68,74)(H,69,80)(H,75,76)(H,81,82)/t29?,30?,33-,42?,46-,47-,58?/m0/s1. The summed E-state index contributed by atoms with van der Waals surface area (Å²) in [5, 5.41) is 68.8. The number of nitrogens with zero attached hydrogens (tertiary/aromatic N) is 8. The number of anilines is 1. The van der Waals surface area contributed by atoms with Gasteiger partial charge < -0.3 is 56.6 Å². The van der Waals surface area contributed by atoms with E-state index in [4.69, 9.17) is 39.6 Å². The van der Waals surface area contributed by atoms with Gasteiger partial charge in [-0.3, -0.25) is 38.9 Å². The molecule has 90 heavy (non-hydrogen) atoms. The average Bonchev–Trinajstić information content (AvgIpc) is 1.73. The lowest BCUT2D eigenvalue weighted by atomic mass is 9.86. The molecule has 32 heteroatoms. The van der Waals surface area contributed by atoms with Gasteiger partial charge in [0, 0.05) is 58.7 Å². The Morgan fingerprint density at radius 2 is 1.40 bits per heavy atom. The maximum Gasteiger partial charge on any atom is 0.306 e. The molecule has 10 bridgehead atoms. The molecule has 1 aliphatic carbocycles. The number of thiazole rings is 6. The molecule has 1 aliphatic heterocycles. The van der Waals surface area contributed by atoms with Crippen LogP contribution in [-0.2, 0) is 30.5 Å². The molecule has 10 rings (SSSR count). The van der Waals surface area contributed by atoms with Crippen molar-refractivity contribution >= 4 is 115 Å². The summed E-state index contributed by atoms with van der Waals surface area (Å²) in [6.07, 6.45) is -1.43. The minimum absolute atomic E-state index is 0.00679. The monoisotopic (exact) mass is 1340 g/mol. The summed E-state index contributed by atoms with van der Waals surface area (Å²) in [6.45, 7) is 4.77. The first kappa shape index (κ1) is 65.0. The number of carboxylic acid groups (broad SMARTS) is 2. The Labute approximate surface area is 538 Å². The van der Waals surface area contributed by atoms with E-state index < -0.39 is 84.5 Å². The van der Waals surface area contributed by atoms with Gasteiger partial charge in [0.1, 0.15) is 82.2 Å². The van der Waals surface area contributed by atoms with Crippen LogP contribution in [-0.4, -0.2) is 136 Å². The number of aliphatic hydroxyl groups excluding tert-OH is 2. The fraction of sp³-hybridized carbons (Fsp3) is 0.379. The van der Waals surface area contributed by atoms with Crippen LogP contribution in [0.3, 0.4) is 0 Å². The SMILES string of the molecule is CNC(=O)C[C@@H]1NC(=O)c2csc(n2)-c2ccc(-c3nc(N(CCC(=O)O)C(O)NC4CCC(C(=O)O)CC4)cs3)nc2-c2csc(n2)-c2csc(n2)[C@H]([C@@H](O)c2ccccc2)NC(=O)CNC(=O)c2nc(sc2COC)C(C(C)C)NC(=O)c2nc1sc2C. The zero-order valence-electron chi connectivity index (χ0n) is 48.9. The number of carbonyl (C=O) groups excluding carboxylic acids is 5. The summed E-state index contributed by atoms with van der Waals surface area (Å²) in [7, 11) is 2.92. The predicted molar refractivity (Wildman–Crippen MR) is 339 cm³/mol. The van der Waals surface area contributed by atoms with Crippen LogP contribution in [0.1, 0.15) is 138 Å². The molecule has 472 valence electrons. The van der Waals surface area contributed by atoms with Gasteiger partial charge in [-0.05, 0) is 56.2 Å². The highest BCUT2D eigenvalue weighted by atomic mass is 32.1. The topological polar surface area (TPSA) is 375 Å². The number of rotatable bonds is 16. The molecule has 26 nitrogen and oxygen atoms in total. The highest BCUT2D eigenvalue weighted by molar-refractivity contribution is 7.15. The minimum atomic E-state index is -1.37. The molecule has 5 amide bonds. The van der Waals surface area contributed by atoms with Crippen molar-refractivity contribution < 1.29 is 58.7 Å². The van der Waals surface area contributed by atoms with Crippen LogP contribution >= 0.6 is 68.0 Å². The number of fused-ring (bicyclic) bond motifs is 14. The molecule has 10 N–H and O–H groups in total. The molecule has 8 heterocycles. The second-order valence-electron chi connectivity index (χ2n) is 21.4. The van der Waals surface area contributed by atoms with Crippen molar-refractivity contribution in [2.24, 2.45) is 11.8 Å². The largest absolute Gasteiger partial charge is 0.481 e. The molecule has 2 aliphatic rings. The second-order valence-corrected chi connectivity index (χ2v) is 27.2. The molecule has 2 unspecified atom stereocenters. The van der Waals surface area contributed by atoms with E-state index in [0.717, 1.165) is 34.0 Å². The fourth-order valence-electron chi connectivity index (χ4n) is 10.1. The highest BCUT2D eigenvalue weighted by Gasteiger charge is 2.34. The van der Waals surface area contributed by atoms with Crippen LogP contribution in [0.5, 0.6) is 0 Å². The second kappa shape index (κ2) is 28.9. The van der Waals surface area contributed by atoms with E-state index in [0.29, 0.717) is 94.4 Å².